The van der Waals surface area contributed by atoms with Crippen LogP contribution >= 0.6 is 22.6 Å². The fraction of sp³-hybridized carbons (Fsp3) is 0.412. The highest BCUT2D eigenvalue weighted by Gasteiger charge is 2.27. The van der Waals surface area contributed by atoms with Gasteiger partial charge in [0.25, 0.3) is 0 Å². The van der Waals surface area contributed by atoms with Gasteiger partial charge in [-0.2, -0.15) is 0 Å². The normalized spacial score (nSPS) is 23.0. The molecule has 1 N–H and O–H groups in total. The summed E-state index contributed by atoms with van der Waals surface area (Å²) < 4.78 is 13.9. The summed E-state index contributed by atoms with van der Waals surface area (Å²) in [5, 5.41) is 10.3. The van der Waals surface area contributed by atoms with Crippen molar-refractivity contribution in [1.82, 2.24) is 4.90 Å². The van der Waals surface area contributed by atoms with Gasteiger partial charge in [0.2, 0.25) is 0 Å². The van der Waals surface area contributed by atoms with E-state index in [1.165, 1.54) is 17.7 Å². The second-order valence-corrected chi connectivity index (χ2v) is 6.97. The van der Waals surface area contributed by atoms with Crippen molar-refractivity contribution in [2.24, 2.45) is 5.92 Å². The maximum absolute atomic E-state index is 13.1. The van der Waals surface area contributed by atoms with Crippen LogP contribution in [0.4, 0.5) is 4.39 Å². The predicted octanol–water partition coefficient (Wildman–Crippen LogP) is 3.67. The molecule has 4 heteroatoms. The molecule has 1 aromatic carbocycles. The van der Waals surface area contributed by atoms with Crippen molar-refractivity contribution in [1.29, 1.82) is 0 Å². The maximum atomic E-state index is 13.1. The number of allylic oxidation sites excluding steroid dienone is 3. The highest BCUT2D eigenvalue weighted by atomic mass is 127. The first-order chi connectivity index (χ1) is 10.1. The van der Waals surface area contributed by atoms with E-state index in [0.29, 0.717) is 12.3 Å². The van der Waals surface area contributed by atoms with Gasteiger partial charge < -0.3 is 5.11 Å². The lowest BCUT2D eigenvalue weighted by Crippen LogP contribution is -2.23. The second-order valence-electron chi connectivity index (χ2n) is 5.81. The van der Waals surface area contributed by atoms with Gasteiger partial charge in [0.05, 0.1) is 6.10 Å². The summed E-state index contributed by atoms with van der Waals surface area (Å²) in [4.78, 5) is 2.41. The van der Waals surface area contributed by atoms with E-state index in [1.807, 2.05) is 0 Å². The van der Waals surface area contributed by atoms with Crippen LogP contribution in [-0.2, 0) is 0 Å². The Hall–Kier alpha value is -0.720. The van der Waals surface area contributed by atoms with Crippen molar-refractivity contribution in [3.05, 3.63) is 57.0 Å². The molecule has 0 bridgehead atoms. The highest BCUT2D eigenvalue weighted by molar-refractivity contribution is 14.1. The van der Waals surface area contributed by atoms with Crippen molar-refractivity contribution in [2.75, 3.05) is 19.6 Å². The number of aliphatic hydroxyl groups is 1. The molecule has 0 aromatic heterocycles. The third kappa shape index (κ3) is 3.55. The van der Waals surface area contributed by atoms with Crippen LogP contribution in [0.5, 0.6) is 0 Å². The predicted molar refractivity (Wildman–Crippen MR) is 90.5 cm³/mol. The van der Waals surface area contributed by atoms with Crippen LogP contribution in [0.2, 0.25) is 0 Å². The lowest BCUT2D eigenvalue weighted by molar-refractivity contribution is 0.147. The molecule has 2 unspecified atom stereocenters. The Labute approximate surface area is 138 Å². The van der Waals surface area contributed by atoms with Crippen molar-refractivity contribution in [2.45, 2.75) is 18.9 Å². The molecule has 1 saturated heterocycles. The fourth-order valence-corrected chi connectivity index (χ4v) is 3.97. The van der Waals surface area contributed by atoms with Gasteiger partial charge in [0.1, 0.15) is 5.82 Å². The summed E-state index contributed by atoms with van der Waals surface area (Å²) >= 11 is 2.08. The van der Waals surface area contributed by atoms with Crippen LogP contribution in [0.25, 0.3) is 0 Å². The zero-order chi connectivity index (χ0) is 14.8. The third-order valence-corrected chi connectivity index (χ3v) is 5.25. The third-order valence-electron chi connectivity index (χ3n) is 4.32. The van der Waals surface area contributed by atoms with Crippen LogP contribution in [0.1, 0.15) is 24.5 Å². The molecule has 2 nitrogen and oxygen atoms in total. The summed E-state index contributed by atoms with van der Waals surface area (Å²) in [5.74, 6) is 0.413. The van der Waals surface area contributed by atoms with Crippen LogP contribution in [0.3, 0.4) is 0 Å². The monoisotopic (exact) mass is 399 g/mol. The Kier molecular flexibility index (Phi) is 4.76. The van der Waals surface area contributed by atoms with E-state index in [-0.39, 0.29) is 5.82 Å². The van der Waals surface area contributed by atoms with E-state index < -0.39 is 6.10 Å². The molecular weight excluding hydrogens is 380 g/mol. The number of fused-ring (bicyclic) bond motifs is 1. The largest absolute Gasteiger partial charge is 0.388 e. The van der Waals surface area contributed by atoms with E-state index in [1.54, 1.807) is 6.07 Å². The van der Waals surface area contributed by atoms with Gasteiger partial charge in [-0.05, 0) is 59.0 Å². The Bertz CT molecular complexity index is 584. The minimum atomic E-state index is -0.521. The van der Waals surface area contributed by atoms with Crippen molar-refractivity contribution in [3.8, 4) is 0 Å². The SMILES string of the molecule is OC(CCN1CC2=CC=CCC2C1)c1ccc(F)cc1I. The van der Waals surface area contributed by atoms with Crippen molar-refractivity contribution in [3.63, 3.8) is 0 Å². The van der Waals surface area contributed by atoms with Crippen molar-refractivity contribution < 1.29 is 9.50 Å². The van der Waals surface area contributed by atoms with E-state index in [0.717, 1.165) is 35.2 Å². The van der Waals surface area contributed by atoms with Gasteiger partial charge in [0.15, 0.2) is 0 Å². The number of rotatable bonds is 4. The number of aliphatic hydroxyl groups excluding tert-OH is 1. The lowest BCUT2D eigenvalue weighted by atomic mass is 9.95. The fourth-order valence-electron chi connectivity index (χ4n) is 3.13. The second kappa shape index (κ2) is 6.58. The zero-order valence-electron chi connectivity index (χ0n) is 11.8. The van der Waals surface area contributed by atoms with E-state index >= 15 is 0 Å². The average Bonchev–Trinajstić information content (AvgIpc) is 2.87. The molecule has 0 radical (unpaired) electrons. The molecule has 3 rings (SSSR count). The Morgan fingerprint density at radius 1 is 1.43 bits per heavy atom. The quantitative estimate of drug-likeness (QED) is 0.782. The first-order valence-corrected chi connectivity index (χ1v) is 8.42. The minimum absolute atomic E-state index is 0.251. The summed E-state index contributed by atoms with van der Waals surface area (Å²) in [5.41, 5.74) is 2.35. The lowest BCUT2D eigenvalue weighted by Gasteiger charge is -2.19. The van der Waals surface area contributed by atoms with Gasteiger partial charge in [-0.15, -0.1) is 0 Å². The first kappa shape index (κ1) is 15.2. The molecule has 0 spiro atoms. The number of hydrogen-bond donors (Lipinski definition) is 1. The van der Waals surface area contributed by atoms with Crippen molar-refractivity contribution >= 4 is 22.6 Å². The summed E-state index contributed by atoms with van der Waals surface area (Å²) in [6.07, 6.45) is 7.91. The number of benzene rings is 1. The van der Waals surface area contributed by atoms with Gasteiger partial charge >= 0.3 is 0 Å². The molecule has 1 aliphatic heterocycles. The van der Waals surface area contributed by atoms with Crippen LogP contribution in [0, 0.1) is 15.3 Å². The molecule has 2 atom stereocenters. The summed E-state index contributed by atoms with van der Waals surface area (Å²) in [7, 11) is 0. The molecule has 112 valence electrons. The molecule has 2 aliphatic rings. The highest BCUT2D eigenvalue weighted by Crippen LogP contribution is 2.30. The average molecular weight is 399 g/mol. The number of hydrogen-bond acceptors (Lipinski definition) is 2. The maximum Gasteiger partial charge on any atom is 0.124 e. The van der Waals surface area contributed by atoms with E-state index in [2.05, 4.69) is 45.7 Å². The van der Waals surface area contributed by atoms with Crippen LogP contribution in [-0.4, -0.2) is 29.6 Å². The smallest absolute Gasteiger partial charge is 0.124 e. The molecule has 21 heavy (non-hydrogen) atoms. The van der Waals surface area contributed by atoms with Crippen LogP contribution < -0.4 is 0 Å². The number of likely N-dealkylation sites (tertiary alicyclic amines) is 1. The Balaban J connectivity index is 1.56. The molecule has 1 fully saturated rings. The number of nitrogens with zero attached hydrogens (tertiary/aromatic N) is 1. The summed E-state index contributed by atoms with van der Waals surface area (Å²) in [6.45, 7) is 2.98. The van der Waals surface area contributed by atoms with E-state index in [4.69, 9.17) is 0 Å². The minimum Gasteiger partial charge on any atom is -0.388 e. The molecule has 1 aromatic rings. The zero-order valence-corrected chi connectivity index (χ0v) is 14.0. The van der Waals surface area contributed by atoms with Gasteiger partial charge in [-0.25, -0.2) is 4.39 Å². The Morgan fingerprint density at radius 2 is 2.29 bits per heavy atom. The molecule has 1 heterocycles. The van der Waals surface area contributed by atoms with Gasteiger partial charge in [-0.3, -0.25) is 4.90 Å². The first-order valence-electron chi connectivity index (χ1n) is 7.34. The molecule has 0 saturated carbocycles. The molecule has 0 amide bonds. The van der Waals surface area contributed by atoms with E-state index in [9.17, 15) is 9.50 Å². The Morgan fingerprint density at radius 3 is 3.05 bits per heavy atom. The number of halogens is 2. The summed E-state index contributed by atoms with van der Waals surface area (Å²) in [6, 6.07) is 4.58. The molecule has 1 aliphatic carbocycles. The topological polar surface area (TPSA) is 23.5 Å². The molecular formula is C17H19FINO. The van der Waals surface area contributed by atoms with Gasteiger partial charge in [0, 0.05) is 23.2 Å². The standard InChI is InChI=1S/C17H19FINO/c18-14-5-6-15(16(19)9-14)17(21)7-8-20-10-12-3-1-2-4-13(12)11-20/h1-3,5-6,9,13,17,21H,4,7-8,10-11H2. The van der Waals surface area contributed by atoms with Crippen LogP contribution in [0.15, 0.2) is 42.0 Å². The van der Waals surface area contributed by atoms with Gasteiger partial charge in [-0.1, -0.05) is 29.9 Å².